The minimum atomic E-state index is -3.75. The summed E-state index contributed by atoms with van der Waals surface area (Å²) in [7, 11) is -3.75. The second kappa shape index (κ2) is 45.7. The second-order valence-electron chi connectivity index (χ2n) is 20.9. The Morgan fingerprint density at radius 3 is 0.918 bits per heavy atom. The van der Waals surface area contributed by atoms with Crippen molar-refractivity contribution in [3.05, 3.63) is 173 Å². The van der Waals surface area contributed by atoms with Gasteiger partial charge in [0.05, 0.1) is 149 Å². The van der Waals surface area contributed by atoms with Crippen LogP contribution in [0.5, 0.6) is 0 Å². The fraction of sp³-hybridized carbons (Fsp3) is 0.552. The lowest BCUT2D eigenvalue weighted by molar-refractivity contribution is -0.0369. The zero-order valence-corrected chi connectivity index (χ0v) is 51.2. The maximum atomic E-state index is 12.3. The maximum Gasteiger partial charge on any atom is 0.297 e. The number of benzene rings is 5. The van der Waals surface area contributed by atoms with Gasteiger partial charge in [-0.3, -0.25) is 14.0 Å². The Morgan fingerprint density at radius 1 is 0.353 bits per heavy atom. The lowest BCUT2D eigenvalue weighted by atomic mass is 9.91. The van der Waals surface area contributed by atoms with Crippen molar-refractivity contribution in [3.8, 4) is 0 Å². The Hall–Kier alpha value is -4.55. The molecule has 2 fully saturated rings. The minimum absolute atomic E-state index is 0.0320. The van der Waals surface area contributed by atoms with Gasteiger partial charge in [-0.1, -0.05) is 139 Å². The molecular weight excluding hydrogens is 1100 g/mol. The fourth-order valence-electron chi connectivity index (χ4n) is 9.96. The van der Waals surface area contributed by atoms with Crippen LogP contribution in [0, 0.1) is 6.92 Å². The van der Waals surface area contributed by atoms with Crippen molar-refractivity contribution in [3.63, 3.8) is 0 Å². The quantitative estimate of drug-likeness (QED) is 0.0248. The summed E-state index contributed by atoms with van der Waals surface area (Å²) >= 11 is 0. The van der Waals surface area contributed by atoms with Crippen molar-refractivity contribution < 1.29 is 70.6 Å². The molecule has 2 aliphatic rings. The molecule has 0 aromatic heterocycles. The molecule has 0 aliphatic heterocycles. The van der Waals surface area contributed by atoms with Gasteiger partial charge in [0.2, 0.25) is 0 Å². The van der Waals surface area contributed by atoms with Crippen molar-refractivity contribution in [2.45, 2.75) is 114 Å². The highest BCUT2D eigenvalue weighted by atomic mass is 32.2. The molecule has 0 amide bonds. The number of aryl methyl sites for hydroxylation is 1. The molecule has 0 bridgehead atoms. The van der Waals surface area contributed by atoms with Crippen LogP contribution in [0.15, 0.2) is 150 Å². The van der Waals surface area contributed by atoms with E-state index >= 15 is 0 Å². The number of ether oxygens (including phenoxy) is 9. The van der Waals surface area contributed by atoms with Gasteiger partial charge < -0.3 is 58.0 Å². The summed E-state index contributed by atoms with van der Waals surface area (Å²) in [6, 6.07) is 50.6. The second-order valence-corrected chi connectivity index (χ2v) is 22.5. The Kier molecular flexibility index (Phi) is 38.3. The van der Waals surface area contributed by atoms with Gasteiger partial charge >= 0.3 is 0 Å². The van der Waals surface area contributed by atoms with Gasteiger partial charge in [-0.05, 0) is 92.7 Å². The highest BCUT2D eigenvalue weighted by molar-refractivity contribution is 7.86. The highest BCUT2D eigenvalue weighted by Crippen LogP contribution is 2.29. The Labute approximate surface area is 507 Å². The van der Waals surface area contributed by atoms with Crippen LogP contribution in [0.3, 0.4) is 0 Å². The summed E-state index contributed by atoms with van der Waals surface area (Å²) in [4.78, 5) is 5.40. The predicted molar refractivity (Wildman–Crippen MR) is 330 cm³/mol. The molecule has 5 aromatic carbocycles. The van der Waals surface area contributed by atoms with Crippen LogP contribution in [0.4, 0.5) is 0 Å². The molecule has 7 rings (SSSR count). The minimum Gasteiger partial charge on any atom is -0.394 e. The van der Waals surface area contributed by atoms with Crippen LogP contribution in [0.25, 0.3) is 0 Å². The van der Waals surface area contributed by atoms with Crippen LogP contribution in [-0.4, -0.2) is 190 Å². The standard InChI is InChI=1S/C30H45NO6.C29H35NO4S.C8H18O5/c32-15-16-33-17-18-34-19-20-35-21-22-36-23-24-37-30-13-11-29(12-14-30)31(25-27-7-3-1-4-8-27)26-28-9-5-2-6-10-28;1-24-12-18-29(19-13-24)35(31,32)34-21-20-33-28-16-14-27(15-17-28)30(22-25-8-4-2-5-9-25)23-26-10-6-3-7-11-26;9-1-3-11-5-7-13-8-6-12-4-2-10/h1-10,29-30,32H,11-26H2;2-13,18-19,27-28H,14-17,20-23H2,1H3;9-10H,1-8H2. The third-order valence-electron chi connectivity index (χ3n) is 14.4. The van der Waals surface area contributed by atoms with Crippen LogP contribution in [0.1, 0.15) is 79.2 Å². The van der Waals surface area contributed by atoms with E-state index in [1.54, 1.807) is 24.3 Å². The van der Waals surface area contributed by atoms with E-state index in [9.17, 15) is 8.42 Å². The van der Waals surface area contributed by atoms with Gasteiger partial charge in [0.15, 0.2) is 0 Å². The van der Waals surface area contributed by atoms with E-state index in [1.807, 2.05) is 6.92 Å². The molecule has 2 aliphatic carbocycles. The third-order valence-corrected chi connectivity index (χ3v) is 15.7. The third kappa shape index (κ3) is 32.3. The summed E-state index contributed by atoms with van der Waals surface area (Å²) < 4.78 is 78.6. The molecule has 0 heterocycles. The first-order chi connectivity index (χ1) is 41.8. The Morgan fingerprint density at radius 2 is 0.624 bits per heavy atom. The number of hydrogen-bond acceptors (Lipinski definition) is 17. The molecule has 0 atom stereocenters. The van der Waals surface area contributed by atoms with Crippen molar-refractivity contribution in [1.29, 1.82) is 0 Å². The van der Waals surface area contributed by atoms with E-state index in [-0.39, 0.29) is 44.0 Å². The number of rotatable bonds is 41. The lowest BCUT2D eigenvalue weighted by Crippen LogP contribution is -2.39. The molecule has 3 N–H and O–H groups in total. The van der Waals surface area contributed by atoms with E-state index in [0.29, 0.717) is 117 Å². The average Bonchev–Trinajstić information content (AvgIpc) is 3.71. The van der Waals surface area contributed by atoms with E-state index < -0.39 is 10.1 Å². The van der Waals surface area contributed by atoms with Gasteiger partial charge in [-0.2, -0.15) is 8.42 Å². The van der Waals surface area contributed by atoms with E-state index in [1.165, 1.54) is 22.3 Å². The molecule has 17 nitrogen and oxygen atoms in total. The first-order valence-electron chi connectivity index (χ1n) is 30.5. The molecule has 5 aromatic rings. The number of hydrogen-bond donors (Lipinski definition) is 3. The fourth-order valence-corrected chi connectivity index (χ4v) is 10.8. The van der Waals surface area contributed by atoms with Gasteiger partial charge in [0.25, 0.3) is 10.1 Å². The number of aliphatic hydroxyl groups excluding tert-OH is 3. The Balaban J connectivity index is 0.000000258. The van der Waals surface area contributed by atoms with Crippen LogP contribution < -0.4 is 0 Å². The average molecular weight is 1200 g/mol. The lowest BCUT2D eigenvalue weighted by Gasteiger charge is -2.37. The molecule has 0 unspecified atom stereocenters. The molecule has 472 valence electrons. The first kappa shape index (κ1) is 71.2. The van der Waals surface area contributed by atoms with Gasteiger partial charge in [-0.25, -0.2) is 0 Å². The highest BCUT2D eigenvalue weighted by Gasteiger charge is 2.28. The SMILES string of the molecule is Cc1ccc(S(=O)(=O)OCCOC2CCC(N(Cc3ccccc3)Cc3ccccc3)CC2)cc1.OCCOCCOCCOCCO.OCCOCCOCCOCCOCCOC1CCC(N(Cc2ccccc2)Cc2ccccc2)CC1. The smallest absolute Gasteiger partial charge is 0.297 e. The summed E-state index contributed by atoms with van der Waals surface area (Å²) in [5.74, 6) is 0. The van der Waals surface area contributed by atoms with E-state index in [2.05, 4.69) is 131 Å². The molecule has 18 heteroatoms. The van der Waals surface area contributed by atoms with Crippen LogP contribution in [-0.2, 0) is 83.1 Å². The van der Waals surface area contributed by atoms with E-state index in [4.69, 9.17) is 62.1 Å². The zero-order valence-electron chi connectivity index (χ0n) is 50.3. The molecule has 0 radical (unpaired) electrons. The van der Waals surface area contributed by atoms with Crippen molar-refractivity contribution in [1.82, 2.24) is 9.80 Å². The molecular formula is C67H98N2O15S. The zero-order chi connectivity index (χ0) is 60.1. The Bertz CT molecular complexity index is 2350. The first-order valence-corrected chi connectivity index (χ1v) is 31.9. The molecule has 2 saturated carbocycles. The van der Waals surface area contributed by atoms with Gasteiger partial charge in [0, 0.05) is 38.3 Å². The van der Waals surface area contributed by atoms with Crippen molar-refractivity contribution >= 4 is 10.1 Å². The summed E-state index contributed by atoms with van der Waals surface area (Å²) in [6.07, 6.45) is 9.04. The largest absolute Gasteiger partial charge is 0.394 e. The molecule has 0 spiro atoms. The van der Waals surface area contributed by atoms with Crippen LogP contribution in [0.2, 0.25) is 0 Å². The monoisotopic (exact) mass is 1200 g/mol. The maximum absolute atomic E-state index is 12.3. The summed E-state index contributed by atoms with van der Waals surface area (Å²) in [5.41, 5.74) is 6.40. The summed E-state index contributed by atoms with van der Waals surface area (Å²) in [5, 5.41) is 25.3. The van der Waals surface area contributed by atoms with Gasteiger partial charge in [0.1, 0.15) is 0 Å². The normalized spacial score (nSPS) is 17.1. The molecule has 85 heavy (non-hydrogen) atoms. The van der Waals surface area contributed by atoms with E-state index in [0.717, 1.165) is 83.1 Å². The van der Waals surface area contributed by atoms with Crippen molar-refractivity contribution in [2.24, 2.45) is 0 Å². The van der Waals surface area contributed by atoms with Crippen molar-refractivity contribution in [2.75, 3.05) is 132 Å². The number of aliphatic hydroxyl groups is 3. The number of nitrogens with zero attached hydrogens (tertiary/aromatic N) is 2. The van der Waals surface area contributed by atoms with Gasteiger partial charge in [-0.15, -0.1) is 0 Å². The molecule has 0 saturated heterocycles. The summed E-state index contributed by atoms with van der Waals surface area (Å²) in [6.45, 7) is 13.6. The predicted octanol–water partition coefficient (Wildman–Crippen LogP) is 8.83. The topological polar surface area (TPSA) is 194 Å². The van der Waals surface area contributed by atoms with Crippen LogP contribution >= 0.6 is 0 Å².